The van der Waals surface area contributed by atoms with E-state index in [0.29, 0.717) is 0 Å². The molecule has 0 aromatic heterocycles. The van der Waals surface area contributed by atoms with Gasteiger partial charge in [0, 0.05) is 12.3 Å². The van der Waals surface area contributed by atoms with Gasteiger partial charge in [0.05, 0.1) is 18.2 Å². The van der Waals surface area contributed by atoms with E-state index in [2.05, 4.69) is 4.74 Å². The fourth-order valence-electron chi connectivity index (χ4n) is 5.33. The first-order chi connectivity index (χ1) is 19.4. The first-order valence-electron chi connectivity index (χ1n) is 12.9. The maximum Gasteiger partial charge on any atom is 0.410 e. The lowest BCUT2D eigenvalue weighted by Crippen LogP contribution is -2.43. The van der Waals surface area contributed by atoms with E-state index in [9.17, 15) is 31.5 Å². The molecule has 0 N–H and O–H groups in total. The second-order valence-electron chi connectivity index (χ2n) is 10.9. The van der Waals surface area contributed by atoms with Crippen molar-refractivity contribution in [2.75, 3.05) is 13.2 Å². The Morgan fingerprint density at radius 1 is 0.829 bits per heavy atom. The lowest BCUT2D eigenvalue weighted by Gasteiger charge is -2.25. The zero-order valence-corrected chi connectivity index (χ0v) is 22.4. The van der Waals surface area contributed by atoms with Crippen molar-refractivity contribution in [2.45, 2.75) is 50.9 Å². The van der Waals surface area contributed by atoms with E-state index >= 15 is 0 Å². The normalized spacial score (nSPS) is 18.3. The summed E-state index contributed by atoms with van der Waals surface area (Å²) in [4.78, 5) is 27.3. The van der Waals surface area contributed by atoms with Gasteiger partial charge >= 0.3 is 12.1 Å². The Kier molecular flexibility index (Phi) is 7.50. The number of esters is 1. The van der Waals surface area contributed by atoms with Crippen LogP contribution in [0, 0.1) is 29.1 Å². The predicted molar refractivity (Wildman–Crippen MR) is 137 cm³/mol. The standard InChI is InChI=1S/C30H26F5NO5/c1-30(2,3)41-15-12-21(28(37)40-27-25(34)23(32)22(31)24(33)26(27)35)36(13-15)29(38)39-14-20-18-10-6-4-8-16(18)17-9-5-7-11-19(17)20/h4-11,15,20-21H,12-14H2,1-3H3/t15-,21+/m1/s1. The van der Waals surface area contributed by atoms with E-state index < -0.39 is 64.6 Å². The molecule has 0 bridgehead atoms. The Balaban J connectivity index is 1.37. The molecular formula is C30H26F5NO5. The molecule has 1 aliphatic heterocycles. The quantitative estimate of drug-likeness (QED) is 0.114. The largest absolute Gasteiger partial charge is 0.448 e. The molecule has 1 heterocycles. The van der Waals surface area contributed by atoms with Crippen LogP contribution in [-0.4, -0.2) is 47.9 Å². The minimum absolute atomic E-state index is 0.0758. The summed E-state index contributed by atoms with van der Waals surface area (Å²) in [5.74, 6) is -15.0. The molecule has 0 spiro atoms. The number of halogens is 5. The van der Waals surface area contributed by atoms with Crippen molar-refractivity contribution in [3.8, 4) is 16.9 Å². The van der Waals surface area contributed by atoms with Gasteiger partial charge in [-0.05, 0) is 43.0 Å². The zero-order valence-electron chi connectivity index (χ0n) is 22.4. The molecule has 0 radical (unpaired) electrons. The molecular weight excluding hydrogens is 549 g/mol. The Morgan fingerprint density at radius 2 is 1.34 bits per heavy atom. The molecule has 1 amide bonds. The summed E-state index contributed by atoms with van der Waals surface area (Å²) in [7, 11) is 0. The van der Waals surface area contributed by atoms with Crippen LogP contribution >= 0.6 is 0 Å². The Bertz CT molecular complexity index is 1450. The highest BCUT2D eigenvalue weighted by atomic mass is 19.2. The highest BCUT2D eigenvalue weighted by Crippen LogP contribution is 2.44. The third-order valence-corrected chi connectivity index (χ3v) is 7.00. The fourth-order valence-corrected chi connectivity index (χ4v) is 5.33. The topological polar surface area (TPSA) is 65.1 Å². The van der Waals surface area contributed by atoms with Gasteiger partial charge in [0.1, 0.15) is 12.6 Å². The first kappa shape index (κ1) is 28.5. The van der Waals surface area contributed by atoms with Gasteiger partial charge in [-0.1, -0.05) is 48.5 Å². The molecule has 3 aromatic carbocycles. The summed E-state index contributed by atoms with van der Waals surface area (Å²) in [6, 6.07) is 13.9. The van der Waals surface area contributed by atoms with Crippen molar-refractivity contribution in [3.63, 3.8) is 0 Å². The van der Waals surface area contributed by atoms with Crippen LogP contribution in [0.3, 0.4) is 0 Å². The van der Waals surface area contributed by atoms with Crippen molar-refractivity contribution in [3.05, 3.63) is 88.7 Å². The SMILES string of the molecule is CC(C)(C)O[C@@H]1C[C@@H](C(=O)Oc2c(F)c(F)c(F)c(F)c2F)N(C(=O)OCC2c3ccccc3-c3ccccc32)C1. The van der Waals surface area contributed by atoms with Crippen LogP contribution in [0.15, 0.2) is 48.5 Å². The van der Waals surface area contributed by atoms with E-state index in [-0.39, 0.29) is 25.5 Å². The minimum atomic E-state index is -2.39. The summed E-state index contributed by atoms with van der Waals surface area (Å²) in [5, 5.41) is 0. The van der Waals surface area contributed by atoms with Crippen molar-refractivity contribution < 1.29 is 45.8 Å². The number of amides is 1. The summed E-state index contributed by atoms with van der Waals surface area (Å²) in [5.41, 5.74) is 3.25. The molecule has 11 heteroatoms. The third kappa shape index (κ3) is 5.38. The number of hydrogen-bond donors (Lipinski definition) is 0. The highest BCUT2D eigenvalue weighted by molar-refractivity contribution is 5.84. The molecule has 3 aromatic rings. The van der Waals surface area contributed by atoms with Crippen LogP contribution in [0.25, 0.3) is 11.1 Å². The van der Waals surface area contributed by atoms with Crippen LogP contribution in [0.1, 0.15) is 44.2 Å². The van der Waals surface area contributed by atoms with Gasteiger partial charge in [0.15, 0.2) is 0 Å². The van der Waals surface area contributed by atoms with Gasteiger partial charge in [-0.15, -0.1) is 0 Å². The number of rotatable bonds is 5. The van der Waals surface area contributed by atoms with Crippen LogP contribution in [-0.2, 0) is 14.3 Å². The molecule has 0 saturated carbocycles. The number of benzene rings is 3. The molecule has 1 aliphatic carbocycles. The van der Waals surface area contributed by atoms with Gasteiger partial charge in [-0.2, -0.15) is 8.78 Å². The highest BCUT2D eigenvalue weighted by Gasteiger charge is 2.44. The summed E-state index contributed by atoms with van der Waals surface area (Å²) in [6.07, 6.45) is -1.79. The molecule has 41 heavy (non-hydrogen) atoms. The summed E-state index contributed by atoms with van der Waals surface area (Å²) >= 11 is 0. The van der Waals surface area contributed by atoms with Gasteiger partial charge in [-0.3, -0.25) is 4.90 Å². The number of carbonyl (C=O) groups excluding carboxylic acids is 2. The maximum atomic E-state index is 14.2. The van der Waals surface area contributed by atoms with Gasteiger partial charge in [0.25, 0.3) is 0 Å². The molecule has 2 atom stereocenters. The number of ether oxygens (including phenoxy) is 3. The van der Waals surface area contributed by atoms with Crippen LogP contribution in [0.5, 0.6) is 5.75 Å². The lowest BCUT2D eigenvalue weighted by atomic mass is 9.98. The predicted octanol–water partition coefficient (Wildman–Crippen LogP) is 6.49. The minimum Gasteiger partial charge on any atom is -0.448 e. The van der Waals surface area contributed by atoms with Gasteiger partial charge in [-0.25, -0.2) is 22.8 Å². The van der Waals surface area contributed by atoms with E-state index in [0.717, 1.165) is 27.2 Å². The first-order valence-corrected chi connectivity index (χ1v) is 12.9. The van der Waals surface area contributed by atoms with Crippen molar-refractivity contribution in [1.29, 1.82) is 0 Å². The van der Waals surface area contributed by atoms with E-state index in [1.165, 1.54) is 0 Å². The number of likely N-dealkylation sites (tertiary alicyclic amines) is 1. The average molecular weight is 576 g/mol. The van der Waals surface area contributed by atoms with Gasteiger partial charge < -0.3 is 14.2 Å². The van der Waals surface area contributed by atoms with Crippen molar-refractivity contribution in [2.24, 2.45) is 0 Å². The number of carbonyl (C=O) groups is 2. The van der Waals surface area contributed by atoms with E-state index in [1.54, 1.807) is 20.8 Å². The Labute approximate surface area is 232 Å². The Morgan fingerprint density at radius 3 is 1.88 bits per heavy atom. The maximum absolute atomic E-state index is 14.2. The van der Waals surface area contributed by atoms with Crippen molar-refractivity contribution >= 4 is 12.1 Å². The number of hydrogen-bond acceptors (Lipinski definition) is 5. The van der Waals surface area contributed by atoms with E-state index in [1.807, 2.05) is 48.5 Å². The molecule has 5 rings (SSSR count). The third-order valence-electron chi connectivity index (χ3n) is 7.00. The second-order valence-corrected chi connectivity index (χ2v) is 10.9. The van der Waals surface area contributed by atoms with Crippen LogP contribution in [0.4, 0.5) is 26.7 Å². The molecule has 1 fully saturated rings. The lowest BCUT2D eigenvalue weighted by molar-refractivity contribution is -0.139. The summed E-state index contributed by atoms with van der Waals surface area (Å²) < 4.78 is 85.5. The molecule has 0 unspecified atom stereocenters. The molecule has 2 aliphatic rings. The van der Waals surface area contributed by atoms with Crippen LogP contribution < -0.4 is 4.74 Å². The van der Waals surface area contributed by atoms with Crippen molar-refractivity contribution in [1.82, 2.24) is 4.90 Å². The summed E-state index contributed by atoms with van der Waals surface area (Å²) in [6.45, 7) is 5.06. The smallest absolute Gasteiger partial charge is 0.410 e. The average Bonchev–Trinajstić information content (AvgIpc) is 3.50. The number of fused-ring (bicyclic) bond motifs is 3. The van der Waals surface area contributed by atoms with Crippen LogP contribution in [0.2, 0.25) is 0 Å². The molecule has 1 saturated heterocycles. The second kappa shape index (κ2) is 10.8. The fraction of sp³-hybridized carbons (Fsp3) is 0.333. The molecule has 6 nitrogen and oxygen atoms in total. The number of nitrogens with zero attached hydrogens (tertiary/aromatic N) is 1. The van der Waals surface area contributed by atoms with Gasteiger partial charge in [0.2, 0.25) is 34.8 Å². The monoisotopic (exact) mass is 575 g/mol. The van der Waals surface area contributed by atoms with E-state index in [4.69, 9.17) is 9.47 Å². The molecule has 216 valence electrons. The zero-order chi connectivity index (χ0) is 29.6. The Hall–Kier alpha value is -3.99.